The minimum absolute atomic E-state index is 0.118. The van der Waals surface area contributed by atoms with E-state index in [0.717, 1.165) is 5.56 Å². The minimum Gasteiger partial charge on any atom is -0.476 e. The van der Waals surface area contributed by atoms with E-state index in [4.69, 9.17) is 14.0 Å². The summed E-state index contributed by atoms with van der Waals surface area (Å²) in [5.41, 5.74) is 2.16. The van der Waals surface area contributed by atoms with Gasteiger partial charge in [-0.2, -0.15) is 0 Å². The molecule has 0 unspecified atom stereocenters. The summed E-state index contributed by atoms with van der Waals surface area (Å²) in [5.74, 6) is 0.929. The van der Waals surface area contributed by atoms with Crippen LogP contribution in [0.5, 0.6) is 5.75 Å². The number of para-hydroxylation sites is 2. The summed E-state index contributed by atoms with van der Waals surface area (Å²) in [6.07, 6.45) is -0.574. The van der Waals surface area contributed by atoms with Gasteiger partial charge in [-0.05, 0) is 26.0 Å². The zero-order valence-corrected chi connectivity index (χ0v) is 16.0. The van der Waals surface area contributed by atoms with Crippen LogP contribution in [0.4, 0.5) is 5.69 Å². The van der Waals surface area contributed by atoms with Gasteiger partial charge in [0, 0.05) is 18.7 Å². The molecule has 1 saturated heterocycles. The summed E-state index contributed by atoms with van der Waals surface area (Å²) >= 11 is 0. The first-order valence-electron chi connectivity index (χ1n) is 9.39. The number of aromatic nitrogens is 1. The Bertz CT molecular complexity index is 868. The van der Waals surface area contributed by atoms with Gasteiger partial charge in [-0.15, -0.1) is 0 Å². The number of morpholine rings is 1. The Hall–Kier alpha value is -2.87. The van der Waals surface area contributed by atoms with Crippen molar-refractivity contribution in [2.24, 2.45) is 0 Å². The lowest BCUT2D eigenvalue weighted by Crippen LogP contribution is -2.54. The maximum Gasteiger partial charge on any atom is 0.265 e. The van der Waals surface area contributed by atoms with Gasteiger partial charge in [0.05, 0.1) is 37.6 Å². The molecule has 1 atom stereocenters. The second-order valence-corrected chi connectivity index (χ2v) is 7.00. The third-order valence-electron chi connectivity index (χ3n) is 5.18. The maximum atomic E-state index is 13.1. The van der Waals surface area contributed by atoms with Crippen molar-refractivity contribution in [1.29, 1.82) is 0 Å². The predicted octanol–water partition coefficient (Wildman–Crippen LogP) is 1.49. The van der Waals surface area contributed by atoms with Gasteiger partial charge in [-0.3, -0.25) is 9.59 Å². The molecule has 2 aromatic rings. The quantitative estimate of drug-likeness (QED) is 0.796. The highest BCUT2D eigenvalue weighted by atomic mass is 16.5. The number of rotatable bonds is 3. The first-order chi connectivity index (χ1) is 13.5. The molecule has 2 aliphatic rings. The summed E-state index contributed by atoms with van der Waals surface area (Å²) in [4.78, 5) is 29.4. The number of nitrogens with zero attached hydrogens (tertiary/aromatic N) is 3. The smallest absolute Gasteiger partial charge is 0.265 e. The van der Waals surface area contributed by atoms with E-state index < -0.39 is 6.10 Å². The minimum atomic E-state index is -0.735. The Morgan fingerprint density at radius 1 is 1.18 bits per heavy atom. The van der Waals surface area contributed by atoms with Crippen molar-refractivity contribution in [1.82, 2.24) is 10.1 Å². The van der Waals surface area contributed by atoms with Crippen LogP contribution >= 0.6 is 0 Å². The molecule has 1 aromatic heterocycles. The summed E-state index contributed by atoms with van der Waals surface area (Å²) in [6, 6.07) is 7.29. The van der Waals surface area contributed by atoms with Gasteiger partial charge in [0.1, 0.15) is 11.5 Å². The molecule has 4 rings (SSSR count). The van der Waals surface area contributed by atoms with Gasteiger partial charge in [0.2, 0.25) is 5.91 Å². The number of amides is 2. The van der Waals surface area contributed by atoms with E-state index in [-0.39, 0.29) is 24.8 Å². The van der Waals surface area contributed by atoms with Crippen LogP contribution in [-0.2, 0) is 20.7 Å². The molecule has 2 amide bonds. The van der Waals surface area contributed by atoms with E-state index in [1.807, 2.05) is 25.1 Å². The highest BCUT2D eigenvalue weighted by Gasteiger charge is 2.36. The van der Waals surface area contributed by atoms with E-state index in [1.165, 1.54) is 0 Å². The topological polar surface area (TPSA) is 85.1 Å². The molecule has 0 bridgehead atoms. The van der Waals surface area contributed by atoms with Crippen LogP contribution < -0.4 is 9.64 Å². The predicted molar refractivity (Wildman–Crippen MR) is 100 cm³/mol. The largest absolute Gasteiger partial charge is 0.476 e. The van der Waals surface area contributed by atoms with Crippen LogP contribution in [0.25, 0.3) is 0 Å². The molecule has 1 aromatic carbocycles. The molecule has 0 saturated carbocycles. The molecule has 8 nitrogen and oxygen atoms in total. The van der Waals surface area contributed by atoms with Crippen molar-refractivity contribution < 1.29 is 23.6 Å². The Morgan fingerprint density at radius 2 is 1.93 bits per heavy atom. The molecular formula is C20H23N3O5. The monoisotopic (exact) mass is 385 g/mol. The zero-order valence-electron chi connectivity index (χ0n) is 16.0. The summed E-state index contributed by atoms with van der Waals surface area (Å²) in [7, 11) is 0. The van der Waals surface area contributed by atoms with Gasteiger partial charge in [0.15, 0.2) is 6.10 Å². The fourth-order valence-corrected chi connectivity index (χ4v) is 3.59. The number of carbonyl (C=O) groups excluding carboxylic acids is 2. The van der Waals surface area contributed by atoms with Gasteiger partial charge in [0.25, 0.3) is 5.91 Å². The first-order valence-corrected chi connectivity index (χ1v) is 9.39. The SMILES string of the molecule is Cc1noc(C)c1CC(=O)N1C[C@H](C(=O)N2CCOCC2)Oc2ccccc21. The molecular weight excluding hydrogens is 362 g/mol. The lowest BCUT2D eigenvalue weighted by Gasteiger charge is -2.37. The number of aryl methyl sites for hydroxylation is 2. The molecule has 0 spiro atoms. The molecule has 0 radical (unpaired) electrons. The molecule has 0 N–H and O–H groups in total. The molecule has 8 heteroatoms. The molecule has 3 heterocycles. The summed E-state index contributed by atoms with van der Waals surface area (Å²) in [5, 5.41) is 3.92. The van der Waals surface area contributed by atoms with E-state index in [1.54, 1.807) is 22.8 Å². The Balaban J connectivity index is 1.58. The number of hydrogen-bond donors (Lipinski definition) is 0. The molecule has 2 aliphatic heterocycles. The number of fused-ring (bicyclic) bond motifs is 1. The van der Waals surface area contributed by atoms with Crippen LogP contribution in [0, 0.1) is 13.8 Å². The number of carbonyl (C=O) groups is 2. The second kappa shape index (κ2) is 7.63. The fourth-order valence-electron chi connectivity index (χ4n) is 3.59. The van der Waals surface area contributed by atoms with E-state index in [2.05, 4.69) is 5.16 Å². The summed E-state index contributed by atoms with van der Waals surface area (Å²) in [6.45, 7) is 5.89. The van der Waals surface area contributed by atoms with Crippen LogP contribution in [0.1, 0.15) is 17.0 Å². The van der Waals surface area contributed by atoms with Crippen LogP contribution in [0.3, 0.4) is 0 Å². The van der Waals surface area contributed by atoms with Crippen LogP contribution in [0.2, 0.25) is 0 Å². The zero-order chi connectivity index (χ0) is 19.7. The van der Waals surface area contributed by atoms with Crippen molar-refractivity contribution >= 4 is 17.5 Å². The lowest BCUT2D eigenvalue weighted by atomic mass is 10.1. The van der Waals surface area contributed by atoms with E-state index >= 15 is 0 Å². The van der Waals surface area contributed by atoms with Gasteiger partial charge < -0.3 is 23.8 Å². The van der Waals surface area contributed by atoms with E-state index in [0.29, 0.717) is 49.2 Å². The van der Waals surface area contributed by atoms with Crippen molar-refractivity contribution in [3.05, 3.63) is 41.3 Å². The van der Waals surface area contributed by atoms with Crippen molar-refractivity contribution in [2.75, 3.05) is 37.7 Å². The molecule has 28 heavy (non-hydrogen) atoms. The van der Waals surface area contributed by atoms with Crippen LogP contribution in [-0.4, -0.2) is 60.8 Å². The highest BCUT2D eigenvalue weighted by molar-refractivity contribution is 5.98. The average Bonchev–Trinajstić information content (AvgIpc) is 3.05. The Labute approximate surface area is 163 Å². The number of benzene rings is 1. The molecule has 0 aliphatic carbocycles. The lowest BCUT2D eigenvalue weighted by molar-refractivity contribution is -0.142. The third kappa shape index (κ3) is 3.47. The summed E-state index contributed by atoms with van der Waals surface area (Å²) < 4.78 is 16.4. The normalized spacial score (nSPS) is 19.1. The number of ether oxygens (including phenoxy) is 2. The third-order valence-corrected chi connectivity index (χ3v) is 5.18. The fraction of sp³-hybridized carbons (Fsp3) is 0.450. The van der Waals surface area contributed by atoms with Crippen molar-refractivity contribution in [2.45, 2.75) is 26.4 Å². The van der Waals surface area contributed by atoms with Crippen LogP contribution in [0.15, 0.2) is 28.8 Å². The highest BCUT2D eigenvalue weighted by Crippen LogP contribution is 2.34. The number of hydrogen-bond acceptors (Lipinski definition) is 6. The Kier molecular flexibility index (Phi) is 5.04. The average molecular weight is 385 g/mol. The standard InChI is InChI=1S/C20H23N3O5/c1-13-15(14(2)28-21-13)11-19(24)23-12-18(20(25)22-7-9-26-10-8-22)27-17-6-4-3-5-16(17)23/h3-6,18H,7-12H2,1-2H3/t18-/m1/s1. The van der Waals surface area contributed by atoms with Crippen molar-refractivity contribution in [3.63, 3.8) is 0 Å². The maximum absolute atomic E-state index is 13.1. The second-order valence-electron chi connectivity index (χ2n) is 7.00. The van der Waals surface area contributed by atoms with Gasteiger partial charge in [-0.1, -0.05) is 17.3 Å². The number of anilines is 1. The molecule has 1 fully saturated rings. The van der Waals surface area contributed by atoms with Gasteiger partial charge in [-0.25, -0.2) is 0 Å². The van der Waals surface area contributed by atoms with E-state index in [9.17, 15) is 9.59 Å². The first kappa shape index (κ1) is 18.5. The Morgan fingerprint density at radius 3 is 2.64 bits per heavy atom. The van der Waals surface area contributed by atoms with Gasteiger partial charge >= 0.3 is 0 Å². The molecule has 148 valence electrons. The van der Waals surface area contributed by atoms with Crippen molar-refractivity contribution in [3.8, 4) is 5.75 Å².